The predicted molar refractivity (Wildman–Crippen MR) is 136 cm³/mol. The minimum atomic E-state index is -4.34. The molecule has 0 saturated heterocycles. The second-order valence-electron chi connectivity index (χ2n) is 9.57. The van der Waals surface area contributed by atoms with Crippen molar-refractivity contribution >= 4 is 10.1 Å². The van der Waals surface area contributed by atoms with E-state index in [1.54, 1.807) is 6.07 Å². The Morgan fingerprint density at radius 1 is 0.606 bits per heavy atom. The van der Waals surface area contributed by atoms with Crippen molar-refractivity contribution < 1.29 is 64.4 Å². The van der Waals surface area contributed by atoms with Crippen LogP contribution in [0, 0.1) is 0 Å². The van der Waals surface area contributed by atoms with Gasteiger partial charge in [0.1, 0.15) is 10.1 Å². The number of unbranched alkanes of at least 4 members (excludes halogenated alkanes) is 19. The Morgan fingerprint density at radius 3 is 1.33 bits per heavy atom. The summed E-state index contributed by atoms with van der Waals surface area (Å²) < 4.78 is 33.3. The first-order chi connectivity index (χ1) is 15.5. The molecule has 0 heterocycles. The summed E-state index contributed by atoms with van der Waals surface area (Å²) in [5.74, 6) is 0. The number of hydrogen-bond acceptors (Lipinski definition) is 3. The average Bonchev–Trinajstić information content (AvgIpc) is 2.77. The molecule has 0 saturated carbocycles. The number of rotatable bonds is 22. The fourth-order valence-electron chi connectivity index (χ4n) is 4.44. The summed E-state index contributed by atoms with van der Waals surface area (Å²) in [6.45, 7) is 2.28. The van der Waals surface area contributed by atoms with Crippen LogP contribution in [0.15, 0.2) is 29.2 Å². The molecule has 0 atom stereocenters. The van der Waals surface area contributed by atoms with E-state index in [2.05, 4.69) is 6.92 Å². The normalized spacial score (nSPS) is 11.5. The Bertz CT molecular complexity index is 661. The molecule has 0 aromatic heterocycles. The van der Waals surface area contributed by atoms with E-state index < -0.39 is 10.1 Å². The molecule has 5 heteroatoms. The van der Waals surface area contributed by atoms with E-state index in [1.165, 1.54) is 134 Å². The van der Waals surface area contributed by atoms with Crippen LogP contribution in [0.5, 0.6) is 0 Å². The molecular formula is C28H49KO3S. The second-order valence-corrected chi connectivity index (χ2v) is 10.9. The number of aryl methyl sites for hydroxylation is 1. The second kappa shape index (κ2) is 23.2. The molecular weight excluding hydrogens is 455 g/mol. The first kappa shape index (κ1) is 33.8. The predicted octanol–water partition coefficient (Wildman–Crippen LogP) is 5.96. The molecule has 0 bridgehead atoms. The summed E-state index contributed by atoms with van der Waals surface area (Å²) in [6, 6.07) is 6.47. The monoisotopic (exact) mass is 504 g/mol. The third-order valence-corrected chi connectivity index (χ3v) is 7.34. The van der Waals surface area contributed by atoms with Gasteiger partial charge < -0.3 is 4.55 Å². The molecule has 0 fully saturated rings. The van der Waals surface area contributed by atoms with Gasteiger partial charge >= 0.3 is 51.4 Å². The first-order valence-corrected chi connectivity index (χ1v) is 15.0. The van der Waals surface area contributed by atoms with Gasteiger partial charge in [-0.2, -0.15) is 0 Å². The van der Waals surface area contributed by atoms with E-state index in [9.17, 15) is 13.0 Å². The van der Waals surface area contributed by atoms with Crippen molar-refractivity contribution in [1.82, 2.24) is 0 Å². The maximum Gasteiger partial charge on any atom is 1.00 e. The molecule has 1 rings (SSSR count). The molecule has 0 aliphatic carbocycles. The molecule has 1 aromatic rings. The fourth-order valence-corrected chi connectivity index (χ4v) is 4.98. The van der Waals surface area contributed by atoms with Crippen molar-refractivity contribution in [3.8, 4) is 0 Å². The summed E-state index contributed by atoms with van der Waals surface area (Å²) in [5.41, 5.74) is 0.948. The van der Waals surface area contributed by atoms with Crippen molar-refractivity contribution in [2.24, 2.45) is 0 Å². The number of hydrogen-bond donors (Lipinski definition) is 0. The van der Waals surface area contributed by atoms with E-state index in [0.717, 1.165) is 18.4 Å². The minimum absolute atomic E-state index is 0. The summed E-state index contributed by atoms with van der Waals surface area (Å²) in [7, 11) is -4.34. The SMILES string of the molecule is CCCCCCCCCCCCCCCCCCCCCCc1cccc(S(=O)(=O)[O-])c1.[K+]. The van der Waals surface area contributed by atoms with Crippen LogP contribution in [0.4, 0.5) is 0 Å². The van der Waals surface area contributed by atoms with Crippen molar-refractivity contribution in [3.05, 3.63) is 29.8 Å². The van der Waals surface area contributed by atoms with Gasteiger partial charge in [-0.05, 0) is 30.5 Å². The van der Waals surface area contributed by atoms with Crippen molar-refractivity contribution in [2.75, 3.05) is 0 Å². The Morgan fingerprint density at radius 2 is 0.970 bits per heavy atom. The average molecular weight is 505 g/mol. The van der Waals surface area contributed by atoms with Crippen LogP contribution in [0.2, 0.25) is 0 Å². The van der Waals surface area contributed by atoms with Gasteiger partial charge in [-0.25, -0.2) is 8.42 Å². The molecule has 0 N–H and O–H groups in total. The summed E-state index contributed by atoms with van der Waals surface area (Å²) in [4.78, 5) is -0.108. The molecule has 0 amide bonds. The van der Waals surface area contributed by atoms with Crippen LogP contribution < -0.4 is 51.4 Å². The maximum absolute atomic E-state index is 11.1. The van der Waals surface area contributed by atoms with Gasteiger partial charge in [0.05, 0.1) is 4.90 Å². The Kier molecular flexibility index (Phi) is 23.7. The molecule has 186 valence electrons. The van der Waals surface area contributed by atoms with Gasteiger partial charge in [0.15, 0.2) is 0 Å². The zero-order chi connectivity index (χ0) is 23.3. The van der Waals surface area contributed by atoms with Gasteiger partial charge in [0.2, 0.25) is 0 Å². The Hall–Kier alpha value is 0.766. The van der Waals surface area contributed by atoms with Crippen LogP contribution in [0.25, 0.3) is 0 Å². The zero-order valence-electron chi connectivity index (χ0n) is 21.8. The van der Waals surface area contributed by atoms with Crippen molar-refractivity contribution in [1.29, 1.82) is 0 Å². The van der Waals surface area contributed by atoms with Crippen molar-refractivity contribution in [3.63, 3.8) is 0 Å². The van der Waals surface area contributed by atoms with E-state index in [0.29, 0.717) is 0 Å². The molecule has 0 aliphatic heterocycles. The van der Waals surface area contributed by atoms with Gasteiger partial charge in [0, 0.05) is 0 Å². The maximum atomic E-state index is 11.1. The molecule has 0 unspecified atom stereocenters. The minimum Gasteiger partial charge on any atom is -0.744 e. The van der Waals surface area contributed by atoms with Gasteiger partial charge in [0.25, 0.3) is 0 Å². The molecule has 0 spiro atoms. The van der Waals surface area contributed by atoms with Gasteiger partial charge in [-0.1, -0.05) is 141 Å². The van der Waals surface area contributed by atoms with Crippen LogP contribution in [0.3, 0.4) is 0 Å². The third-order valence-electron chi connectivity index (χ3n) is 6.51. The Labute approximate surface area is 248 Å². The van der Waals surface area contributed by atoms with Gasteiger partial charge in [-0.3, -0.25) is 0 Å². The summed E-state index contributed by atoms with van der Waals surface area (Å²) in [6.07, 6.45) is 28.2. The topological polar surface area (TPSA) is 57.2 Å². The van der Waals surface area contributed by atoms with Crippen LogP contribution >= 0.6 is 0 Å². The van der Waals surface area contributed by atoms with Crippen LogP contribution in [0.1, 0.15) is 141 Å². The third kappa shape index (κ3) is 20.6. The largest absolute Gasteiger partial charge is 1.00 e. The fraction of sp³-hybridized carbons (Fsp3) is 0.786. The molecule has 0 aliphatic rings. The Balaban J connectivity index is 0.0000102. The van der Waals surface area contributed by atoms with E-state index in [4.69, 9.17) is 0 Å². The van der Waals surface area contributed by atoms with E-state index in [1.807, 2.05) is 6.07 Å². The van der Waals surface area contributed by atoms with E-state index >= 15 is 0 Å². The van der Waals surface area contributed by atoms with E-state index in [-0.39, 0.29) is 56.3 Å². The van der Waals surface area contributed by atoms with Crippen molar-refractivity contribution in [2.45, 2.75) is 147 Å². The quantitative estimate of drug-likeness (QED) is 0.111. The van der Waals surface area contributed by atoms with Gasteiger partial charge in [-0.15, -0.1) is 0 Å². The molecule has 1 aromatic carbocycles. The first-order valence-electron chi connectivity index (χ1n) is 13.6. The summed E-state index contributed by atoms with van der Waals surface area (Å²) in [5, 5.41) is 0. The molecule has 0 radical (unpaired) electrons. The molecule has 33 heavy (non-hydrogen) atoms. The van der Waals surface area contributed by atoms with Crippen LogP contribution in [-0.2, 0) is 16.5 Å². The summed E-state index contributed by atoms with van der Waals surface area (Å²) >= 11 is 0. The zero-order valence-corrected chi connectivity index (χ0v) is 25.7. The molecule has 3 nitrogen and oxygen atoms in total. The smallest absolute Gasteiger partial charge is 0.744 e. The number of benzene rings is 1. The van der Waals surface area contributed by atoms with Crippen LogP contribution in [-0.4, -0.2) is 13.0 Å². The standard InChI is InChI=1S/C28H50O3S.K/c1-2-3-4-5-6-7-8-9-10-11-12-13-14-15-16-17-18-19-20-21-23-27-24-22-25-28(26-27)32(29,30)31;/h22,24-26H,2-21,23H2,1H3,(H,29,30,31);/q;+1/p-1.